The lowest BCUT2D eigenvalue weighted by Crippen LogP contribution is -2.23. The number of nitrogens with one attached hydrogen (secondary N) is 1. The maximum Gasteiger partial charge on any atom is 0.309 e. The fraction of sp³-hybridized carbons (Fsp3) is 0.421. The summed E-state index contributed by atoms with van der Waals surface area (Å²) in [5.74, 6) is -2.24. The Morgan fingerprint density at radius 3 is 2.48 bits per heavy atom. The van der Waals surface area contributed by atoms with Crippen LogP contribution in [-0.2, 0) is 24.2 Å². The summed E-state index contributed by atoms with van der Waals surface area (Å²) in [6.45, 7) is 3.68. The molecule has 2 aromatic rings. The summed E-state index contributed by atoms with van der Waals surface area (Å²) in [6, 6.07) is 6.29. The molecule has 0 aliphatic rings. The molecule has 0 saturated carbocycles. The molecule has 8 nitrogen and oxygen atoms in total. The predicted molar refractivity (Wildman–Crippen MR) is 110 cm³/mol. The molecule has 0 saturated heterocycles. The van der Waals surface area contributed by atoms with Gasteiger partial charge in [-0.05, 0) is 37.6 Å². The molecule has 0 aliphatic carbocycles. The van der Waals surface area contributed by atoms with Crippen LogP contribution in [0.3, 0.4) is 0 Å². The van der Waals surface area contributed by atoms with Crippen LogP contribution in [0.4, 0.5) is 10.8 Å². The summed E-state index contributed by atoms with van der Waals surface area (Å²) in [7, 11) is -3.27. The average molecular weight is 441 g/mol. The fourth-order valence-corrected chi connectivity index (χ4v) is 4.22. The van der Waals surface area contributed by atoms with E-state index >= 15 is 0 Å². The third-order valence-corrected chi connectivity index (χ3v) is 6.27. The average Bonchev–Trinajstić information content (AvgIpc) is 3.09. The van der Waals surface area contributed by atoms with E-state index in [1.165, 1.54) is 23.5 Å². The first-order chi connectivity index (χ1) is 13.6. The van der Waals surface area contributed by atoms with Gasteiger partial charge in [0.05, 0.1) is 23.1 Å². The van der Waals surface area contributed by atoms with Crippen molar-refractivity contribution in [3.8, 4) is 0 Å². The van der Waals surface area contributed by atoms with Crippen molar-refractivity contribution in [1.82, 2.24) is 4.98 Å². The van der Waals surface area contributed by atoms with Crippen LogP contribution < -0.4 is 5.32 Å². The summed E-state index contributed by atoms with van der Waals surface area (Å²) in [5.41, 5.74) is 1.28. The van der Waals surface area contributed by atoms with Crippen LogP contribution in [0, 0.1) is 5.92 Å². The fourth-order valence-electron chi connectivity index (χ4n) is 2.79. The third-order valence-electron chi connectivity index (χ3n) is 4.37. The van der Waals surface area contributed by atoms with Gasteiger partial charge in [-0.2, -0.15) is 0 Å². The van der Waals surface area contributed by atoms with Crippen LogP contribution in [0.15, 0.2) is 34.5 Å². The second-order valence-electron chi connectivity index (χ2n) is 6.58. The highest BCUT2D eigenvalue weighted by Crippen LogP contribution is 2.33. The zero-order valence-electron chi connectivity index (χ0n) is 16.4. The van der Waals surface area contributed by atoms with Gasteiger partial charge in [-0.25, -0.2) is 13.4 Å². The quantitative estimate of drug-likeness (QED) is 0.539. The van der Waals surface area contributed by atoms with Gasteiger partial charge in [0.2, 0.25) is 0 Å². The normalized spacial score (nSPS) is 13.5. The number of carbonyl (C=O) groups excluding carboxylic acids is 1. The molecule has 1 heterocycles. The maximum absolute atomic E-state index is 12.2. The molecule has 0 spiro atoms. The largest absolute Gasteiger partial charge is 0.481 e. The number of carbonyl (C=O) groups is 2. The highest BCUT2D eigenvalue weighted by Gasteiger charge is 2.29. The summed E-state index contributed by atoms with van der Waals surface area (Å²) >= 11 is 1.32. The Balaban J connectivity index is 2.18. The molecule has 29 heavy (non-hydrogen) atoms. The van der Waals surface area contributed by atoms with Gasteiger partial charge in [-0.3, -0.25) is 9.59 Å². The van der Waals surface area contributed by atoms with Crippen molar-refractivity contribution in [2.24, 2.45) is 5.92 Å². The van der Waals surface area contributed by atoms with Crippen molar-refractivity contribution in [3.63, 3.8) is 0 Å². The number of esters is 1. The summed E-state index contributed by atoms with van der Waals surface area (Å²) in [6.07, 6.45) is 1.33. The van der Waals surface area contributed by atoms with Crippen molar-refractivity contribution >= 4 is 43.9 Å². The van der Waals surface area contributed by atoms with Gasteiger partial charge in [-0.15, -0.1) is 11.3 Å². The highest BCUT2D eigenvalue weighted by atomic mass is 32.2. The zero-order chi connectivity index (χ0) is 21.6. The molecule has 158 valence electrons. The molecular weight excluding hydrogens is 416 g/mol. The first kappa shape index (κ1) is 22.8. The number of aliphatic carboxylic acids is 1. The van der Waals surface area contributed by atoms with Gasteiger partial charge >= 0.3 is 11.9 Å². The number of carboxylic acid groups (broad SMARTS) is 1. The van der Waals surface area contributed by atoms with Crippen LogP contribution >= 0.6 is 11.3 Å². The number of rotatable bonds is 10. The second kappa shape index (κ2) is 9.84. The van der Waals surface area contributed by atoms with Gasteiger partial charge in [0.1, 0.15) is 0 Å². The number of ether oxygens (including phenoxy) is 1. The van der Waals surface area contributed by atoms with Crippen LogP contribution in [-0.4, -0.2) is 43.3 Å². The molecular formula is C19H24N2O6S2. The SMILES string of the molecule is CCOC(=O)C(C)C(CCC(=O)O)c1csc(Nc2ccc(S(C)(=O)=O)cc2)n1. The first-order valence-corrected chi connectivity index (χ1v) is 11.8. The van der Waals surface area contributed by atoms with Crippen molar-refractivity contribution in [3.05, 3.63) is 35.3 Å². The van der Waals surface area contributed by atoms with Crippen molar-refractivity contribution in [2.45, 2.75) is 37.5 Å². The second-order valence-corrected chi connectivity index (χ2v) is 9.45. The topological polar surface area (TPSA) is 123 Å². The van der Waals surface area contributed by atoms with Gasteiger partial charge in [0.15, 0.2) is 15.0 Å². The molecule has 0 fully saturated rings. The number of hydrogen-bond acceptors (Lipinski definition) is 8. The lowest BCUT2D eigenvalue weighted by molar-refractivity contribution is -0.148. The minimum atomic E-state index is -3.27. The number of sulfone groups is 1. The van der Waals surface area contributed by atoms with Crippen LogP contribution in [0.25, 0.3) is 0 Å². The monoisotopic (exact) mass is 440 g/mol. The number of aromatic nitrogens is 1. The molecule has 0 radical (unpaired) electrons. The number of nitrogens with zero attached hydrogens (tertiary/aromatic N) is 1. The van der Waals surface area contributed by atoms with E-state index in [4.69, 9.17) is 9.84 Å². The van der Waals surface area contributed by atoms with Gasteiger partial charge in [-0.1, -0.05) is 6.92 Å². The molecule has 0 amide bonds. The zero-order valence-corrected chi connectivity index (χ0v) is 18.0. The van der Waals surface area contributed by atoms with Gasteiger partial charge < -0.3 is 15.2 Å². The van der Waals surface area contributed by atoms with E-state index in [1.807, 2.05) is 0 Å². The number of carboxylic acids is 1. The highest BCUT2D eigenvalue weighted by molar-refractivity contribution is 7.90. The molecule has 2 rings (SSSR count). The molecule has 0 aliphatic heterocycles. The first-order valence-electron chi connectivity index (χ1n) is 9.02. The Labute approximate surface area is 173 Å². The predicted octanol–water partition coefficient (Wildman–Crippen LogP) is 3.44. The van der Waals surface area contributed by atoms with Gasteiger partial charge in [0, 0.05) is 29.7 Å². The summed E-state index contributed by atoms with van der Waals surface area (Å²) in [5, 5.41) is 14.5. The van der Waals surface area contributed by atoms with E-state index in [9.17, 15) is 18.0 Å². The molecule has 10 heteroatoms. The van der Waals surface area contributed by atoms with E-state index in [-0.39, 0.29) is 36.2 Å². The molecule has 0 bridgehead atoms. The minimum absolute atomic E-state index is 0.0817. The van der Waals surface area contributed by atoms with E-state index in [2.05, 4.69) is 10.3 Å². The number of thiazole rings is 1. The smallest absolute Gasteiger partial charge is 0.309 e. The van der Waals surface area contributed by atoms with E-state index < -0.39 is 21.7 Å². The van der Waals surface area contributed by atoms with Crippen LogP contribution in [0.5, 0.6) is 0 Å². The lowest BCUT2D eigenvalue weighted by atomic mass is 9.87. The van der Waals surface area contributed by atoms with E-state index in [1.54, 1.807) is 31.4 Å². The van der Waals surface area contributed by atoms with Crippen LogP contribution in [0.2, 0.25) is 0 Å². The van der Waals surface area contributed by atoms with E-state index in [0.717, 1.165) is 6.26 Å². The summed E-state index contributed by atoms with van der Waals surface area (Å²) < 4.78 is 28.2. The Morgan fingerprint density at radius 1 is 1.28 bits per heavy atom. The Kier molecular flexibility index (Phi) is 7.74. The van der Waals surface area contributed by atoms with Crippen molar-refractivity contribution in [2.75, 3.05) is 18.2 Å². The minimum Gasteiger partial charge on any atom is -0.481 e. The molecule has 2 N–H and O–H groups in total. The van der Waals surface area contributed by atoms with Crippen molar-refractivity contribution in [1.29, 1.82) is 0 Å². The van der Waals surface area contributed by atoms with Crippen LogP contribution in [0.1, 0.15) is 38.3 Å². The van der Waals surface area contributed by atoms with Crippen molar-refractivity contribution < 1.29 is 27.9 Å². The van der Waals surface area contributed by atoms with Gasteiger partial charge in [0.25, 0.3) is 0 Å². The lowest BCUT2D eigenvalue weighted by Gasteiger charge is -2.20. The number of anilines is 2. The molecule has 2 unspecified atom stereocenters. The molecule has 1 aromatic carbocycles. The number of benzene rings is 1. The Hall–Kier alpha value is -2.46. The Morgan fingerprint density at radius 2 is 1.93 bits per heavy atom. The number of hydrogen-bond donors (Lipinski definition) is 2. The standard InChI is InChI=1S/C19H24N2O6S2/c1-4-27-18(24)12(2)15(9-10-17(22)23)16-11-28-19(21-16)20-13-5-7-14(8-6-13)29(3,25)26/h5-8,11-12,15H,4,9-10H2,1-3H3,(H,20,21)(H,22,23). The van der Waals surface area contributed by atoms with E-state index in [0.29, 0.717) is 16.5 Å². The maximum atomic E-state index is 12.2. The summed E-state index contributed by atoms with van der Waals surface area (Å²) in [4.78, 5) is 27.9. The molecule has 1 aromatic heterocycles. The third kappa shape index (κ3) is 6.53. The molecule has 2 atom stereocenters. The Bertz CT molecular complexity index is 953.